The molecule has 0 bridgehead atoms. The van der Waals surface area contributed by atoms with E-state index in [1.54, 1.807) is 6.92 Å². The maximum absolute atomic E-state index is 12.1. The summed E-state index contributed by atoms with van der Waals surface area (Å²) in [5.74, 6) is 0.393. The van der Waals surface area contributed by atoms with Crippen molar-refractivity contribution in [2.24, 2.45) is 11.3 Å². The van der Waals surface area contributed by atoms with Crippen LogP contribution in [0, 0.1) is 11.3 Å². The van der Waals surface area contributed by atoms with Crippen LogP contribution < -0.4 is 10.6 Å². The molecule has 88 valence electrons. The van der Waals surface area contributed by atoms with Crippen molar-refractivity contribution in [3.8, 4) is 0 Å². The summed E-state index contributed by atoms with van der Waals surface area (Å²) < 4.78 is 0. The highest BCUT2D eigenvalue weighted by molar-refractivity contribution is 5.83. The lowest BCUT2D eigenvalue weighted by atomic mass is 9.75. The van der Waals surface area contributed by atoms with E-state index in [1.807, 2.05) is 0 Å². The van der Waals surface area contributed by atoms with Gasteiger partial charge in [-0.05, 0) is 25.8 Å². The highest BCUT2D eigenvalue weighted by Gasteiger charge is 2.43. The van der Waals surface area contributed by atoms with E-state index in [2.05, 4.69) is 24.5 Å². The van der Waals surface area contributed by atoms with Crippen molar-refractivity contribution in [1.29, 1.82) is 0 Å². The molecule has 0 aromatic heterocycles. The largest absolute Gasteiger partial charge is 0.392 e. The van der Waals surface area contributed by atoms with Gasteiger partial charge in [0.1, 0.15) is 0 Å². The van der Waals surface area contributed by atoms with Gasteiger partial charge in [-0.1, -0.05) is 13.8 Å². The smallest absolute Gasteiger partial charge is 0.227 e. The molecule has 4 nitrogen and oxygen atoms in total. The number of aliphatic hydroxyl groups excluding tert-OH is 1. The first-order valence-electron chi connectivity index (χ1n) is 5.66. The first-order chi connectivity index (χ1) is 6.99. The monoisotopic (exact) mass is 214 g/mol. The zero-order valence-corrected chi connectivity index (χ0v) is 9.84. The lowest BCUT2D eigenvalue weighted by Gasteiger charge is -2.31. The molecule has 1 unspecified atom stereocenters. The van der Waals surface area contributed by atoms with Gasteiger partial charge in [0, 0.05) is 13.1 Å². The molecule has 0 radical (unpaired) electrons. The van der Waals surface area contributed by atoms with Gasteiger partial charge in [0.2, 0.25) is 5.91 Å². The minimum absolute atomic E-state index is 0.0726. The maximum atomic E-state index is 12.1. The molecule has 1 rings (SSSR count). The number of nitrogens with one attached hydrogen (secondary N) is 2. The Morgan fingerprint density at radius 3 is 2.60 bits per heavy atom. The van der Waals surface area contributed by atoms with Crippen LogP contribution in [0.25, 0.3) is 0 Å². The fourth-order valence-corrected chi connectivity index (χ4v) is 2.08. The summed E-state index contributed by atoms with van der Waals surface area (Å²) in [4.78, 5) is 12.1. The quantitative estimate of drug-likeness (QED) is 0.623. The van der Waals surface area contributed by atoms with Gasteiger partial charge in [0.05, 0.1) is 11.5 Å². The number of hydrogen-bond donors (Lipinski definition) is 3. The SMILES string of the molecule is CC(C)C1(C(=O)NC[C@@H](C)O)CCNC1. The predicted octanol–water partition coefficient (Wildman–Crippen LogP) is 0.119. The van der Waals surface area contributed by atoms with Crippen LogP contribution in [0.2, 0.25) is 0 Å². The number of aliphatic hydroxyl groups is 1. The van der Waals surface area contributed by atoms with Gasteiger partial charge < -0.3 is 15.7 Å². The van der Waals surface area contributed by atoms with Gasteiger partial charge in [0.15, 0.2) is 0 Å². The van der Waals surface area contributed by atoms with Crippen LogP contribution >= 0.6 is 0 Å². The third-order valence-corrected chi connectivity index (χ3v) is 3.30. The van der Waals surface area contributed by atoms with Crippen molar-refractivity contribution in [2.75, 3.05) is 19.6 Å². The Kier molecular flexibility index (Phi) is 4.11. The summed E-state index contributed by atoms with van der Waals surface area (Å²) in [6, 6.07) is 0. The Balaban J connectivity index is 2.60. The van der Waals surface area contributed by atoms with E-state index >= 15 is 0 Å². The summed E-state index contributed by atoms with van der Waals surface area (Å²) in [7, 11) is 0. The fraction of sp³-hybridized carbons (Fsp3) is 0.909. The van der Waals surface area contributed by atoms with E-state index in [9.17, 15) is 4.79 Å². The minimum Gasteiger partial charge on any atom is -0.392 e. The van der Waals surface area contributed by atoms with Crippen LogP contribution in [0.3, 0.4) is 0 Å². The van der Waals surface area contributed by atoms with E-state index in [-0.39, 0.29) is 11.3 Å². The van der Waals surface area contributed by atoms with E-state index in [1.165, 1.54) is 0 Å². The molecule has 1 fully saturated rings. The third-order valence-electron chi connectivity index (χ3n) is 3.30. The first kappa shape index (κ1) is 12.5. The fourth-order valence-electron chi connectivity index (χ4n) is 2.08. The number of carbonyl (C=O) groups is 1. The topological polar surface area (TPSA) is 61.4 Å². The van der Waals surface area contributed by atoms with Gasteiger partial charge >= 0.3 is 0 Å². The summed E-state index contributed by atoms with van der Waals surface area (Å²) in [5.41, 5.74) is -0.283. The van der Waals surface area contributed by atoms with E-state index in [0.29, 0.717) is 12.5 Å². The van der Waals surface area contributed by atoms with Gasteiger partial charge in [-0.2, -0.15) is 0 Å². The van der Waals surface area contributed by atoms with E-state index in [4.69, 9.17) is 5.11 Å². The highest BCUT2D eigenvalue weighted by Crippen LogP contribution is 2.34. The van der Waals surface area contributed by atoms with Crippen LogP contribution in [0.1, 0.15) is 27.2 Å². The minimum atomic E-state index is -0.479. The molecule has 0 aromatic rings. The van der Waals surface area contributed by atoms with Crippen molar-refractivity contribution in [3.05, 3.63) is 0 Å². The average Bonchev–Trinajstić information content (AvgIpc) is 2.63. The first-order valence-corrected chi connectivity index (χ1v) is 5.66. The second kappa shape index (κ2) is 4.94. The Morgan fingerprint density at radius 1 is 1.53 bits per heavy atom. The summed E-state index contributed by atoms with van der Waals surface area (Å²) in [6.45, 7) is 7.82. The molecule has 2 atom stereocenters. The van der Waals surface area contributed by atoms with Crippen molar-refractivity contribution in [2.45, 2.75) is 33.3 Å². The molecule has 0 saturated carbocycles. The second-order valence-corrected chi connectivity index (χ2v) is 4.80. The van der Waals surface area contributed by atoms with Crippen LogP contribution in [0.5, 0.6) is 0 Å². The Labute approximate surface area is 91.4 Å². The summed E-state index contributed by atoms with van der Waals surface area (Å²) >= 11 is 0. The van der Waals surface area contributed by atoms with Crippen LogP contribution in [0.15, 0.2) is 0 Å². The van der Waals surface area contributed by atoms with Crippen LogP contribution in [-0.2, 0) is 4.79 Å². The van der Waals surface area contributed by atoms with E-state index in [0.717, 1.165) is 19.5 Å². The third kappa shape index (κ3) is 2.69. The second-order valence-electron chi connectivity index (χ2n) is 4.80. The normalized spacial score (nSPS) is 28.1. The van der Waals surface area contributed by atoms with Crippen LogP contribution in [0.4, 0.5) is 0 Å². The van der Waals surface area contributed by atoms with Crippen molar-refractivity contribution < 1.29 is 9.90 Å². The summed E-state index contributed by atoms with van der Waals surface area (Å²) in [6.07, 6.45) is 0.406. The number of hydrogen-bond acceptors (Lipinski definition) is 3. The van der Waals surface area contributed by atoms with Crippen molar-refractivity contribution in [1.82, 2.24) is 10.6 Å². The molecule has 0 aromatic carbocycles. The molecule has 0 aliphatic carbocycles. The Bertz CT molecular complexity index is 221. The zero-order valence-electron chi connectivity index (χ0n) is 9.84. The van der Waals surface area contributed by atoms with Crippen LogP contribution in [-0.4, -0.2) is 36.8 Å². The van der Waals surface area contributed by atoms with Gasteiger partial charge in [-0.15, -0.1) is 0 Å². The van der Waals surface area contributed by atoms with Gasteiger partial charge in [0.25, 0.3) is 0 Å². The number of carbonyl (C=O) groups excluding carboxylic acids is 1. The van der Waals surface area contributed by atoms with Crippen molar-refractivity contribution in [3.63, 3.8) is 0 Å². The van der Waals surface area contributed by atoms with Gasteiger partial charge in [-0.25, -0.2) is 0 Å². The Hall–Kier alpha value is -0.610. The number of amides is 1. The zero-order chi connectivity index (χ0) is 11.5. The maximum Gasteiger partial charge on any atom is 0.227 e. The molecular formula is C11H22N2O2. The molecule has 1 heterocycles. The molecule has 4 heteroatoms. The predicted molar refractivity (Wildman–Crippen MR) is 59.4 cm³/mol. The molecule has 1 aliphatic rings. The summed E-state index contributed by atoms with van der Waals surface area (Å²) in [5, 5.41) is 15.2. The average molecular weight is 214 g/mol. The Morgan fingerprint density at radius 2 is 2.20 bits per heavy atom. The molecular weight excluding hydrogens is 192 g/mol. The molecule has 1 saturated heterocycles. The highest BCUT2D eigenvalue weighted by atomic mass is 16.3. The molecule has 15 heavy (non-hydrogen) atoms. The lowest BCUT2D eigenvalue weighted by molar-refractivity contribution is -0.132. The number of rotatable bonds is 4. The molecule has 3 N–H and O–H groups in total. The van der Waals surface area contributed by atoms with E-state index < -0.39 is 6.10 Å². The lowest BCUT2D eigenvalue weighted by Crippen LogP contribution is -2.47. The van der Waals surface area contributed by atoms with Crippen molar-refractivity contribution >= 4 is 5.91 Å². The van der Waals surface area contributed by atoms with Gasteiger partial charge in [-0.3, -0.25) is 4.79 Å². The molecule has 1 amide bonds. The molecule has 1 aliphatic heterocycles. The standard InChI is InChI=1S/C11H22N2O2/c1-8(2)11(4-5-12-7-11)10(15)13-6-9(3)14/h8-9,12,14H,4-7H2,1-3H3,(H,13,15)/t9-,11?/m1/s1. The molecule has 0 spiro atoms.